The summed E-state index contributed by atoms with van der Waals surface area (Å²) in [4.78, 5) is 26.4. The maximum Gasteiger partial charge on any atom is 0.271 e. The van der Waals surface area contributed by atoms with Crippen molar-refractivity contribution in [3.05, 3.63) is 96.9 Å². The highest BCUT2D eigenvalue weighted by Gasteiger charge is 2.28. The first-order valence-electron chi connectivity index (χ1n) is 9.16. The van der Waals surface area contributed by atoms with Gasteiger partial charge in [0, 0.05) is 10.1 Å². The third-order valence-corrected chi connectivity index (χ3v) is 6.70. The molecule has 4 aromatic rings. The molecule has 8 heteroatoms. The number of benzene rings is 2. The largest absolute Gasteiger partial charge is 0.494 e. The molecular weight excluding hydrogens is 439 g/mol. The highest BCUT2D eigenvalue weighted by molar-refractivity contribution is 7.21. The molecule has 0 unspecified atom stereocenters. The number of pyridine rings is 1. The van der Waals surface area contributed by atoms with Gasteiger partial charge < -0.3 is 5.11 Å². The van der Waals surface area contributed by atoms with Gasteiger partial charge in [-0.25, -0.2) is 4.39 Å². The number of aromatic hydroxyl groups is 1. The Balaban J connectivity index is 1.92. The molecule has 154 valence electrons. The van der Waals surface area contributed by atoms with Gasteiger partial charge in [0.15, 0.2) is 0 Å². The Morgan fingerprint density at radius 2 is 1.90 bits per heavy atom. The predicted molar refractivity (Wildman–Crippen MR) is 118 cm³/mol. The normalized spacial score (nSPS) is 10.9. The van der Waals surface area contributed by atoms with Crippen LogP contribution >= 0.6 is 22.9 Å². The Bertz CT molecular complexity index is 1450. The minimum absolute atomic E-state index is 0.0823. The number of rotatable bonds is 4. The molecule has 1 N–H and O–H groups in total. The van der Waals surface area contributed by atoms with E-state index in [0.717, 1.165) is 9.27 Å². The molecule has 0 aliphatic carbocycles. The fourth-order valence-electron chi connectivity index (χ4n) is 3.42. The summed E-state index contributed by atoms with van der Waals surface area (Å²) in [6.45, 7) is 1.30. The average Bonchev–Trinajstić information content (AvgIpc) is 3.09. The molecule has 0 saturated carbocycles. The van der Waals surface area contributed by atoms with Gasteiger partial charge in [-0.1, -0.05) is 41.9 Å². The second-order valence-corrected chi connectivity index (χ2v) is 8.33. The van der Waals surface area contributed by atoms with Crippen LogP contribution in [0, 0.1) is 24.1 Å². The number of nitriles is 1. The van der Waals surface area contributed by atoms with Crippen LogP contribution in [0.15, 0.2) is 53.3 Å². The van der Waals surface area contributed by atoms with Crippen LogP contribution in [0.3, 0.4) is 0 Å². The van der Waals surface area contributed by atoms with Crippen molar-refractivity contribution in [2.75, 3.05) is 0 Å². The SMILES string of the molecule is Cc1c(C(=O)c2sc3ccccc3c2Cl)c(O)n(Cc2ccc(F)cc2)c(=O)c1C#N. The Kier molecular flexibility index (Phi) is 5.36. The third-order valence-electron chi connectivity index (χ3n) is 5.02. The van der Waals surface area contributed by atoms with Gasteiger partial charge in [-0.05, 0) is 36.2 Å². The first kappa shape index (κ1) is 20.8. The maximum atomic E-state index is 13.4. The van der Waals surface area contributed by atoms with Gasteiger partial charge in [-0.2, -0.15) is 5.26 Å². The number of hydrogen-bond acceptors (Lipinski definition) is 5. The van der Waals surface area contributed by atoms with Gasteiger partial charge in [-0.15, -0.1) is 11.3 Å². The van der Waals surface area contributed by atoms with Crippen molar-refractivity contribution in [2.24, 2.45) is 0 Å². The summed E-state index contributed by atoms with van der Waals surface area (Å²) >= 11 is 7.60. The van der Waals surface area contributed by atoms with Crippen LogP contribution in [0.1, 0.15) is 31.9 Å². The van der Waals surface area contributed by atoms with E-state index in [-0.39, 0.29) is 33.1 Å². The standard InChI is InChI=1S/C23H14ClFN2O3S/c1-12-16(10-26)22(29)27(11-13-6-8-14(25)9-7-13)23(30)18(12)20(28)21-19(24)15-4-2-3-5-17(15)31-21/h2-9,30H,11H2,1H3. The molecule has 0 radical (unpaired) electrons. The van der Waals surface area contributed by atoms with E-state index in [2.05, 4.69) is 0 Å². The molecule has 0 fully saturated rings. The van der Waals surface area contributed by atoms with Crippen LogP contribution in [-0.4, -0.2) is 15.5 Å². The second kappa shape index (κ2) is 7.99. The first-order valence-corrected chi connectivity index (χ1v) is 10.4. The van der Waals surface area contributed by atoms with E-state index in [1.54, 1.807) is 12.1 Å². The van der Waals surface area contributed by atoms with Crippen molar-refractivity contribution in [3.8, 4) is 11.9 Å². The molecule has 0 atom stereocenters. The molecule has 0 bridgehead atoms. The number of thiophene rings is 1. The van der Waals surface area contributed by atoms with Crippen molar-refractivity contribution >= 4 is 38.8 Å². The van der Waals surface area contributed by atoms with E-state index in [0.29, 0.717) is 10.9 Å². The minimum Gasteiger partial charge on any atom is -0.494 e. The molecule has 0 saturated heterocycles. The first-order chi connectivity index (χ1) is 14.8. The number of nitrogens with zero attached hydrogens (tertiary/aromatic N) is 2. The average molecular weight is 453 g/mol. The summed E-state index contributed by atoms with van der Waals surface area (Å²) in [5.74, 6) is -1.59. The Hall–Kier alpha value is -3.47. The van der Waals surface area contributed by atoms with Gasteiger partial charge in [0.05, 0.1) is 22.0 Å². The number of aromatic nitrogens is 1. The van der Waals surface area contributed by atoms with E-state index in [1.807, 2.05) is 18.2 Å². The van der Waals surface area contributed by atoms with E-state index < -0.39 is 23.0 Å². The van der Waals surface area contributed by atoms with Crippen LogP contribution in [0.5, 0.6) is 5.88 Å². The summed E-state index contributed by atoms with van der Waals surface area (Å²) in [7, 11) is 0. The molecule has 2 aromatic heterocycles. The van der Waals surface area contributed by atoms with E-state index in [4.69, 9.17) is 11.6 Å². The third kappa shape index (κ3) is 3.50. The number of carbonyl (C=O) groups is 1. The van der Waals surface area contributed by atoms with Crippen molar-refractivity contribution in [1.29, 1.82) is 5.26 Å². The topological polar surface area (TPSA) is 83.1 Å². The smallest absolute Gasteiger partial charge is 0.271 e. The summed E-state index contributed by atoms with van der Waals surface area (Å²) in [6, 6.07) is 14.4. The number of halogens is 2. The van der Waals surface area contributed by atoms with Crippen LogP contribution < -0.4 is 5.56 Å². The van der Waals surface area contributed by atoms with Gasteiger partial charge in [0.1, 0.15) is 17.4 Å². The van der Waals surface area contributed by atoms with Crippen molar-refractivity contribution < 1.29 is 14.3 Å². The fourth-order valence-corrected chi connectivity index (χ4v) is 4.88. The Morgan fingerprint density at radius 3 is 2.55 bits per heavy atom. The number of carbonyl (C=O) groups excluding carboxylic acids is 1. The molecule has 2 heterocycles. The highest BCUT2D eigenvalue weighted by atomic mass is 35.5. The van der Waals surface area contributed by atoms with Crippen LogP contribution in [-0.2, 0) is 6.54 Å². The zero-order valence-corrected chi connectivity index (χ0v) is 17.7. The monoisotopic (exact) mass is 452 g/mol. The molecule has 0 aliphatic heterocycles. The van der Waals surface area contributed by atoms with Crippen molar-refractivity contribution in [1.82, 2.24) is 4.57 Å². The quantitative estimate of drug-likeness (QED) is 0.441. The van der Waals surface area contributed by atoms with E-state index in [1.165, 1.54) is 42.5 Å². The van der Waals surface area contributed by atoms with E-state index in [9.17, 15) is 24.3 Å². The zero-order valence-electron chi connectivity index (χ0n) is 16.1. The summed E-state index contributed by atoms with van der Waals surface area (Å²) in [5.41, 5.74) is -0.545. The van der Waals surface area contributed by atoms with Crippen molar-refractivity contribution in [2.45, 2.75) is 13.5 Å². The Morgan fingerprint density at radius 1 is 1.23 bits per heavy atom. The fraction of sp³-hybridized carbons (Fsp3) is 0.0870. The number of ketones is 1. The second-order valence-electron chi connectivity index (χ2n) is 6.90. The van der Waals surface area contributed by atoms with Crippen LogP contribution in [0.2, 0.25) is 5.02 Å². The highest BCUT2D eigenvalue weighted by Crippen LogP contribution is 2.38. The zero-order chi connectivity index (χ0) is 22.3. The Labute approximate surface area is 185 Å². The number of hydrogen-bond donors (Lipinski definition) is 1. The molecule has 31 heavy (non-hydrogen) atoms. The lowest BCUT2D eigenvalue weighted by atomic mass is 10.0. The molecule has 2 aromatic carbocycles. The minimum atomic E-state index is -0.735. The predicted octanol–water partition coefficient (Wildman–Crippen LogP) is 5.02. The van der Waals surface area contributed by atoms with E-state index >= 15 is 0 Å². The molecular formula is C23H14ClFN2O3S. The molecule has 5 nitrogen and oxygen atoms in total. The van der Waals surface area contributed by atoms with Gasteiger partial charge in [-0.3, -0.25) is 14.2 Å². The van der Waals surface area contributed by atoms with Gasteiger partial charge in [0.25, 0.3) is 5.56 Å². The van der Waals surface area contributed by atoms with Gasteiger partial charge >= 0.3 is 0 Å². The number of fused-ring (bicyclic) bond motifs is 1. The molecule has 4 rings (SSSR count). The van der Waals surface area contributed by atoms with Crippen LogP contribution in [0.25, 0.3) is 10.1 Å². The molecule has 0 spiro atoms. The van der Waals surface area contributed by atoms with Crippen LogP contribution in [0.4, 0.5) is 4.39 Å². The summed E-state index contributed by atoms with van der Waals surface area (Å²) < 4.78 is 15.0. The lowest BCUT2D eigenvalue weighted by Crippen LogP contribution is -2.27. The lowest BCUT2D eigenvalue weighted by Gasteiger charge is -2.15. The lowest BCUT2D eigenvalue weighted by molar-refractivity contribution is 0.103. The molecule has 0 amide bonds. The van der Waals surface area contributed by atoms with Gasteiger partial charge in [0.2, 0.25) is 11.7 Å². The summed E-state index contributed by atoms with van der Waals surface area (Å²) in [5, 5.41) is 21.4. The molecule has 0 aliphatic rings. The summed E-state index contributed by atoms with van der Waals surface area (Å²) in [6.07, 6.45) is 0. The van der Waals surface area contributed by atoms with Crippen molar-refractivity contribution in [3.63, 3.8) is 0 Å². The maximum absolute atomic E-state index is 13.4.